The molecule has 2 rings (SSSR count). The van der Waals surface area contributed by atoms with E-state index in [1.807, 2.05) is 13.8 Å². The van der Waals surface area contributed by atoms with E-state index < -0.39 is 11.4 Å². The molecule has 0 saturated heterocycles. The van der Waals surface area contributed by atoms with E-state index in [9.17, 15) is 9.18 Å². The van der Waals surface area contributed by atoms with E-state index in [-0.39, 0.29) is 11.6 Å². The quantitative estimate of drug-likeness (QED) is 0.807. The second-order valence-corrected chi connectivity index (χ2v) is 4.03. The van der Waals surface area contributed by atoms with Crippen molar-refractivity contribution in [3.63, 3.8) is 0 Å². The Balaban J connectivity index is 2.46. The van der Waals surface area contributed by atoms with Gasteiger partial charge in [0.1, 0.15) is 17.0 Å². The number of fused-ring (bicyclic) bond motifs is 1. The van der Waals surface area contributed by atoms with Gasteiger partial charge in [0.2, 0.25) is 5.91 Å². The van der Waals surface area contributed by atoms with Gasteiger partial charge in [-0.05, 0) is 25.0 Å². The number of carbonyl (C=O) groups is 1. The van der Waals surface area contributed by atoms with Gasteiger partial charge in [-0.25, -0.2) is 4.39 Å². The fourth-order valence-electron chi connectivity index (χ4n) is 2.05. The van der Waals surface area contributed by atoms with Crippen molar-refractivity contribution < 1.29 is 9.18 Å². The minimum Gasteiger partial charge on any atom is -0.369 e. The molecule has 1 aliphatic heterocycles. The van der Waals surface area contributed by atoms with Gasteiger partial charge in [-0.15, -0.1) is 0 Å². The van der Waals surface area contributed by atoms with Crippen LogP contribution in [0.15, 0.2) is 18.2 Å². The first-order valence-electron chi connectivity index (χ1n) is 5.51. The van der Waals surface area contributed by atoms with E-state index in [1.54, 1.807) is 12.1 Å². The molecule has 0 unspecified atom stereocenters. The van der Waals surface area contributed by atoms with Crippen LogP contribution in [0.2, 0.25) is 0 Å². The van der Waals surface area contributed by atoms with Crippen molar-refractivity contribution in [1.82, 2.24) is 0 Å². The SMILES string of the molecule is CCC1(CC)Nc2cccc(F)c2NC1=O. The second kappa shape index (κ2) is 3.77. The molecule has 0 bridgehead atoms. The van der Waals surface area contributed by atoms with Crippen LogP contribution in [-0.2, 0) is 4.79 Å². The minimum atomic E-state index is -0.610. The number of halogens is 1. The van der Waals surface area contributed by atoms with Crippen molar-refractivity contribution in [2.75, 3.05) is 10.6 Å². The zero-order valence-electron chi connectivity index (χ0n) is 9.43. The predicted octanol–water partition coefficient (Wildman–Crippen LogP) is 2.75. The van der Waals surface area contributed by atoms with Gasteiger partial charge in [-0.1, -0.05) is 19.9 Å². The number of nitrogens with one attached hydrogen (secondary N) is 2. The van der Waals surface area contributed by atoms with Crippen LogP contribution in [0.1, 0.15) is 26.7 Å². The molecule has 0 aromatic heterocycles. The number of carbonyl (C=O) groups excluding carboxylic acids is 1. The maximum atomic E-state index is 13.4. The molecule has 4 heteroatoms. The molecule has 0 radical (unpaired) electrons. The Bertz CT molecular complexity index is 427. The van der Waals surface area contributed by atoms with E-state index in [1.165, 1.54) is 6.07 Å². The highest BCUT2D eigenvalue weighted by molar-refractivity contribution is 6.06. The third kappa shape index (κ3) is 1.45. The standard InChI is InChI=1S/C12H15FN2O/c1-3-12(4-2)11(16)14-10-8(13)6-5-7-9(10)15-12/h5-7,15H,3-4H2,1-2H3,(H,14,16). The fraction of sp³-hybridized carbons (Fsp3) is 0.417. The van der Waals surface area contributed by atoms with Crippen molar-refractivity contribution in [3.8, 4) is 0 Å². The Morgan fingerprint density at radius 2 is 2.00 bits per heavy atom. The maximum Gasteiger partial charge on any atom is 0.250 e. The first kappa shape index (κ1) is 10.9. The van der Waals surface area contributed by atoms with Crippen LogP contribution in [0.5, 0.6) is 0 Å². The molecule has 3 nitrogen and oxygen atoms in total. The smallest absolute Gasteiger partial charge is 0.250 e. The molecule has 2 N–H and O–H groups in total. The average molecular weight is 222 g/mol. The van der Waals surface area contributed by atoms with Gasteiger partial charge in [0.05, 0.1) is 5.69 Å². The number of hydrogen-bond acceptors (Lipinski definition) is 2. The van der Waals surface area contributed by atoms with Gasteiger partial charge in [-0.3, -0.25) is 4.79 Å². The number of hydrogen-bond donors (Lipinski definition) is 2. The average Bonchev–Trinajstić information content (AvgIpc) is 2.30. The second-order valence-electron chi connectivity index (χ2n) is 4.03. The molecule has 1 amide bonds. The summed E-state index contributed by atoms with van der Waals surface area (Å²) in [6, 6.07) is 4.75. The van der Waals surface area contributed by atoms with Crippen LogP contribution in [0.25, 0.3) is 0 Å². The molecule has 86 valence electrons. The van der Waals surface area contributed by atoms with E-state index in [0.717, 1.165) is 0 Å². The lowest BCUT2D eigenvalue weighted by Crippen LogP contribution is -2.51. The number of benzene rings is 1. The monoisotopic (exact) mass is 222 g/mol. The molecule has 0 fully saturated rings. The summed E-state index contributed by atoms with van der Waals surface area (Å²) in [5.41, 5.74) is 0.300. The summed E-state index contributed by atoms with van der Waals surface area (Å²) in [4.78, 5) is 12.0. The van der Waals surface area contributed by atoms with Gasteiger partial charge >= 0.3 is 0 Å². The highest BCUT2D eigenvalue weighted by Gasteiger charge is 2.39. The maximum absolute atomic E-state index is 13.4. The molecule has 0 atom stereocenters. The van der Waals surface area contributed by atoms with Crippen LogP contribution < -0.4 is 10.6 Å². The van der Waals surface area contributed by atoms with E-state index in [4.69, 9.17) is 0 Å². The Labute approximate surface area is 94.0 Å². The van der Waals surface area contributed by atoms with Gasteiger partial charge in [-0.2, -0.15) is 0 Å². The van der Waals surface area contributed by atoms with E-state index >= 15 is 0 Å². The van der Waals surface area contributed by atoms with Crippen molar-refractivity contribution in [2.45, 2.75) is 32.2 Å². The summed E-state index contributed by atoms with van der Waals surface area (Å²) in [6.45, 7) is 3.89. The third-order valence-corrected chi connectivity index (χ3v) is 3.27. The molecular weight excluding hydrogens is 207 g/mol. The number of anilines is 2. The molecule has 1 aromatic carbocycles. The van der Waals surface area contributed by atoms with Crippen molar-refractivity contribution in [3.05, 3.63) is 24.0 Å². The molecule has 1 aromatic rings. The van der Waals surface area contributed by atoms with Crippen LogP contribution in [0.3, 0.4) is 0 Å². The van der Waals surface area contributed by atoms with Crippen LogP contribution >= 0.6 is 0 Å². The van der Waals surface area contributed by atoms with E-state index in [2.05, 4.69) is 10.6 Å². The van der Waals surface area contributed by atoms with Gasteiger partial charge in [0, 0.05) is 0 Å². The Kier molecular flexibility index (Phi) is 2.58. The third-order valence-electron chi connectivity index (χ3n) is 3.27. The Morgan fingerprint density at radius 3 is 2.62 bits per heavy atom. The Morgan fingerprint density at radius 1 is 1.31 bits per heavy atom. The van der Waals surface area contributed by atoms with E-state index in [0.29, 0.717) is 18.5 Å². The highest BCUT2D eigenvalue weighted by atomic mass is 19.1. The molecule has 0 aliphatic carbocycles. The fourth-order valence-corrected chi connectivity index (χ4v) is 2.05. The Hall–Kier alpha value is -1.58. The largest absolute Gasteiger partial charge is 0.369 e. The minimum absolute atomic E-state index is 0.157. The molecule has 0 spiro atoms. The van der Waals surface area contributed by atoms with Crippen molar-refractivity contribution in [2.24, 2.45) is 0 Å². The lowest BCUT2D eigenvalue weighted by atomic mass is 9.89. The van der Waals surface area contributed by atoms with Crippen LogP contribution in [0.4, 0.5) is 15.8 Å². The lowest BCUT2D eigenvalue weighted by Gasteiger charge is -2.37. The van der Waals surface area contributed by atoms with Crippen molar-refractivity contribution >= 4 is 17.3 Å². The summed E-state index contributed by atoms with van der Waals surface area (Å²) in [7, 11) is 0. The molecule has 0 saturated carbocycles. The normalized spacial score (nSPS) is 17.3. The van der Waals surface area contributed by atoms with Gasteiger partial charge < -0.3 is 10.6 Å². The molecular formula is C12H15FN2O. The molecule has 1 aliphatic rings. The number of amides is 1. The lowest BCUT2D eigenvalue weighted by molar-refractivity contribution is -0.120. The van der Waals surface area contributed by atoms with Gasteiger partial charge in [0.15, 0.2) is 0 Å². The van der Waals surface area contributed by atoms with Crippen molar-refractivity contribution in [1.29, 1.82) is 0 Å². The summed E-state index contributed by atoms with van der Waals surface area (Å²) < 4.78 is 13.4. The summed E-state index contributed by atoms with van der Waals surface area (Å²) >= 11 is 0. The molecule has 1 heterocycles. The van der Waals surface area contributed by atoms with Gasteiger partial charge in [0.25, 0.3) is 0 Å². The predicted molar refractivity (Wildman–Crippen MR) is 62.0 cm³/mol. The summed E-state index contributed by atoms with van der Waals surface area (Å²) in [5, 5.41) is 5.79. The summed E-state index contributed by atoms with van der Waals surface area (Å²) in [6.07, 6.45) is 1.34. The first-order chi connectivity index (χ1) is 7.63. The number of para-hydroxylation sites is 1. The van der Waals surface area contributed by atoms with Crippen LogP contribution in [0, 0.1) is 5.82 Å². The first-order valence-corrected chi connectivity index (χ1v) is 5.51. The highest BCUT2D eigenvalue weighted by Crippen LogP contribution is 2.35. The molecule has 16 heavy (non-hydrogen) atoms. The zero-order valence-corrected chi connectivity index (χ0v) is 9.43. The number of rotatable bonds is 2. The zero-order chi connectivity index (χ0) is 11.8. The topological polar surface area (TPSA) is 41.1 Å². The summed E-state index contributed by atoms with van der Waals surface area (Å²) in [5.74, 6) is -0.561. The van der Waals surface area contributed by atoms with Crippen LogP contribution in [-0.4, -0.2) is 11.4 Å².